The Morgan fingerprint density at radius 3 is 2.67 bits per heavy atom. The summed E-state index contributed by atoms with van der Waals surface area (Å²) in [5.41, 5.74) is 0.497. The second-order valence-corrected chi connectivity index (χ2v) is 4.93. The van der Waals surface area contributed by atoms with Crippen LogP contribution in [0, 0.1) is 0 Å². The third-order valence-corrected chi connectivity index (χ3v) is 4.03. The molecule has 1 aromatic rings. The fourth-order valence-electron chi connectivity index (χ4n) is 1.54. The van der Waals surface area contributed by atoms with Crippen LogP contribution in [0.4, 0.5) is 0 Å². The molecular weight excluding hydrogens is 216 g/mol. The van der Waals surface area contributed by atoms with Crippen LogP contribution in [0.1, 0.15) is 5.56 Å². The third-order valence-electron chi connectivity index (χ3n) is 2.22. The second-order valence-electron chi connectivity index (χ2n) is 3.05. The summed E-state index contributed by atoms with van der Waals surface area (Å²) in [5.74, 6) is 0.264. The molecule has 0 unspecified atom stereocenters. The Kier molecular flexibility index (Phi) is 2.12. The second kappa shape index (κ2) is 3.20. The van der Waals surface area contributed by atoms with Crippen molar-refractivity contribution in [3.05, 3.63) is 28.7 Å². The van der Waals surface area contributed by atoms with Crippen molar-refractivity contribution in [1.29, 1.82) is 0 Å². The minimum Gasteiger partial charge on any atom is -0.495 e. The van der Waals surface area contributed by atoms with Crippen LogP contribution in [0.15, 0.2) is 28.0 Å². The maximum absolute atomic E-state index is 11.8. The van der Waals surface area contributed by atoms with E-state index in [9.17, 15) is 13.2 Å². The number of ether oxygens (including phenoxy) is 1. The number of carbonyl (C=O) groups excluding carboxylic acids is 1. The number of hydrogen-bond acceptors (Lipinski definition) is 4. The van der Waals surface area contributed by atoms with Crippen LogP contribution in [-0.4, -0.2) is 21.8 Å². The molecule has 1 heterocycles. The van der Waals surface area contributed by atoms with E-state index < -0.39 is 9.84 Å². The van der Waals surface area contributed by atoms with E-state index >= 15 is 0 Å². The van der Waals surface area contributed by atoms with Crippen LogP contribution in [-0.2, 0) is 14.6 Å². The van der Waals surface area contributed by atoms with E-state index in [1.54, 1.807) is 18.2 Å². The first-order chi connectivity index (χ1) is 7.11. The van der Waals surface area contributed by atoms with Crippen LogP contribution >= 0.6 is 0 Å². The number of hydrogen-bond donors (Lipinski definition) is 0. The molecule has 4 nitrogen and oxygen atoms in total. The molecule has 0 N–H and O–H groups in total. The fourth-order valence-corrected chi connectivity index (χ4v) is 3.04. The Hall–Kier alpha value is -1.62. The zero-order chi connectivity index (χ0) is 11.1. The predicted molar refractivity (Wildman–Crippen MR) is 54.2 cm³/mol. The first kappa shape index (κ1) is 9.92. The van der Waals surface area contributed by atoms with E-state index in [1.807, 2.05) is 0 Å². The Bertz CT molecular complexity index is 555. The molecule has 0 aliphatic carbocycles. The van der Waals surface area contributed by atoms with E-state index in [-0.39, 0.29) is 15.6 Å². The summed E-state index contributed by atoms with van der Waals surface area (Å²) in [6.07, 6.45) is 1.69. The molecule has 0 fully saturated rings. The van der Waals surface area contributed by atoms with Gasteiger partial charge in [0, 0.05) is 0 Å². The smallest absolute Gasteiger partial charge is 0.214 e. The lowest BCUT2D eigenvalue weighted by Crippen LogP contribution is -2.03. The maximum atomic E-state index is 11.8. The highest BCUT2D eigenvalue weighted by atomic mass is 32.2. The summed E-state index contributed by atoms with van der Waals surface area (Å²) in [5, 5.41) is 0. The SMILES string of the molecule is COc1cccc2c1S(=O)(=O)C(C=O)=C2. The molecule has 0 spiro atoms. The molecule has 0 saturated carbocycles. The van der Waals surface area contributed by atoms with Gasteiger partial charge in [0.15, 0.2) is 6.29 Å². The zero-order valence-corrected chi connectivity index (χ0v) is 8.74. The van der Waals surface area contributed by atoms with Gasteiger partial charge in [-0.05, 0) is 17.7 Å². The molecule has 0 radical (unpaired) electrons. The van der Waals surface area contributed by atoms with Gasteiger partial charge in [-0.1, -0.05) is 12.1 Å². The van der Waals surface area contributed by atoms with Gasteiger partial charge in [0.2, 0.25) is 9.84 Å². The van der Waals surface area contributed by atoms with Crippen molar-refractivity contribution >= 4 is 22.2 Å². The number of methoxy groups -OCH3 is 1. The summed E-state index contributed by atoms with van der Waals surface area (Å²) >= 11 is 0. The fraction of sp³-hybridized carbons (Fsp3) is 0.100. The summed E-state index contributed by atoms with van der Waals surface area (Å²) in [7, 11) is -2.28. The predicted octanol–water partition coefficient (Wildman–Crippen LogP) is 1.02. The maximum Gasteiger partial charge on any atom is 0.214 e. The van der Waals surface area contributed by atoms with Gasteiger partial charge >= 0.3 is 0 Å². The Labute approximate surface area is 87.1 Å². The molecule has 1 aliphatic heterocycles. The van der Waals surface area contributed by atoms with Crippen LogP contribution in [0.25, 0.3) is 6.08 Å². The lowest BCUT2D eigenvalue weighted by molar-refractivity contribution is -0.104. The molecule has 0 amide bonds. The third kappa shape index (κ3) is 1.27. The standard InChI is InChI=1S/C10H8O4S/c1-14-9-4-2-3-7-5-8(6-11)15(12,13)10(7)9/h2-6H,1H3. The number of benzene rings is 1. The highest BCUT2D eigenvalue weighted by Gasteiger charge is 2.32. The quantitative estimate of drug-likeness (QED) is 0.704. The van der Waals surface area contributed by atoms with E-state index in [0.717, 1.165) is 0 Å². The minimum absolute atomic E-state index is 0.0783. The number of carbonyl (C=O) groups is 1. The van der Waals surface area contributed by atoms with Crippen molar-refractivity contribution < 1.29 is 17.9 Å². The molecule has 1 aromatic carbocycles. The van der Waals surface area contributed by atoms with Crippen molar-refractivity contribution in [2.45, 2.75) is 4.90 Å². The van der Waals surface area contributed by atoms with Gasteiger partial charge in [-0.3, -0.25) is 4.79 Å². The van der Waals surface area contributed by atoms with Crippen molar-refractivity contribution in [1.82, 2.24) is 0 Å². The van der Waals surface area contributed by atoms with E-state index in [0.29, 0.717) is 11.8 Å². The van der Waals surface area contributed by atoms with Crippen molar-refractivity contribution in [3.8, 4) is 5.75 Å². The lowest BCUT2D eigenvalue weighted by atomic mass is 10.2. The number of sulfone groups is 1. The summed E-state index contributed by atoms with van der Waals surface area (Å²) in [6, 6.07) is 4.86. The van der Waals surface area contributed by atoms with Crippen LogP contribution in [0.5, 0.6) is 5.75 Å². The lowest BCUT2D eigenvalue weighted by Gasteiger charge is -2.05. The Morgan fingerprint density at radius 2 is 2.07 bits per heavy atom. The van der Waals surface area contributed by atoms with Crippen molar-refractivity contribution in [2.24, 2.45) is 0 Å². The minimum atomic E-state index is -3.67. The van der Waals surface area contributed by atoms with Gasteiger partial charge in [0.1, 0.15) is 15.6 Å². The summed E-state index contributed by atoms with van der Waals surface area (Å²) in [4.78, 5) is 10.5. The molecular formula is C10H8O4S. The molecule has 0 aromatic heterocycles. The van der Waals surface area contributed by atoms with Gasteiger partial charge < -0.3 is 4.74 Å². The average Bonchev–Trinajstić information content (AvgIpc) is 2.50. The van der Waals surface area contributed by atoms with E-state index in [2.05, 4.69) is 0 Å². The van der Waals surface area contributed by atoms with Crippen molar-refractivity contribution in [2.75, 3.05) is 7.11 Å². The Morgan fingerprint density at radius 1 is 1.33 bits per heavy atom. The zero-order valence-electron chi connectivity index (χ0n) is 7.93. The largest absolute Gasteiger partial charge is 0.495 e. The topological polar surface area (TPSA) is 60.4 Å². The van der Waals surface area contributed by atoms with Crippen LogP contribution in [0.3, 0.4) is 0 Å². The molecule has 5 heteroatoms. The molecule has 1 aliphatic rings. The monoisotopic (exact) mass is 224 g/mol. The highest BCUT2D eigenvalue weighted by molar-refractivity contribution is 7.96. The molecule has 0 atom stereocenters. The normalized spacial score (nSPS) is 16.7. The van der Waals surface area contributed by atoms with Gasteiger partial charge in [0.05, 0.1) is 7.11 Å². The number of allylic oxidation sites excluding steroid dienone is 1. The number of rotatable bonds is 2. The highest BCUT2D eigenvalue weighted by Crippen LogP contribution is 2.37. The van der Waals surface area contributed by atoms with Gasteiger partial charge in [-0.25, -0.2) is 8.42 Å². The van der Waals surface area contributed by atoms with E-state index in [1.165, 1.54) is 13.2 Å². The molecule has 15 heavy (non-hydrogen) atoms. The molecule has 78 valence electrons. The van der Waals surface area contributed by atoms with Gasteiger partial charge in [0.25, 0.3) is 0 Å². The molecule has 0 saturated heterocycles. The average molecular weight is 224 g/mol. The number of fused-ring (bicyclic) bond motifs is 1. The number of aldehydes is 1. The molecule has 0 bridgehead atoms. The first-order valence-electron chi connectivity index (χ1n) is 4.20. The first-order valence-corrected chi connectivity index (χ1v) is 5.68. The van der Waals surface area contributed by atoms with Crippen LogP contribution in [0.2, 0.25) is 0 Å². The van der Waals surface area contributed by atoms with Crippen LogP contribution < -0.4 is 4.74 Å². The van der Waals surface area contributed by atoms with Gasteiger partial charge in [-0.15, -0.1) is 0 Å². The van der Waals surface area contributed by atoms with Gasteiger partial charge in [-0.2, -0.15) is 0 Å². The van der Waals surface area contributed by atoms with E-state index in [4.69, 9.17) is 4.74 Å². The Balaban J connectivity index is 2.79. The summed E-state index contributed by atoms with van der Waals surface area (Å²) in [6.45, 7) is 0. The van der Waals surface area contributed by atoms with Crippen molar-refractivity contribution in [3.63, 3.8) is 0 Å². The summed E-state index contributed by atoms with van der Waals surface area (Å²) < 4.78 is 28.6. The molecule has 2 rings (SSSR count).